The molecule has 0 amide bonds. The van der Waals surface area contributed by atoms with E-state index < -0.39 is 0 Å². The number of thiocarbonyl (C=S) groups is 1. The van der Waals surface area contributed by atoms with Gasteiger partial charge in [-0.15, -0.1) is 0 Å². The van der Waals surface area contributed by atoms with Gasteiger partial charge in [-0.25, -0.2) is 0 Å². The monoisotopic (exact) mass is 440 g/mol. The highest BCUT2D eigenvalue weighted by molar-refractivity contribution is 7.80. The largest absolute Gasteiger partial charge is 0.454 e. The molecule has 0 unspecified atom stereocenters. The topological polar surface area (TPSA) is 88.7 Å². The Bertz CT molecular complexity index is 1120. The van der Waals surface area contributed by atoms with Crippen LogP contribution in [0.1, 0.15) is 17.5 Å². The number of hydrogen-bond acceptors (Lipinski definition) is 6. The number of nitrogens with one attached hydrogen (secondary N) is 2. The van der Waals surface area contributed by atoms with Crippen LogP contribution in [0, 0.1) is 0 Å². The van der Waals surface area contributed by atoms with E-state index in [4.69, 9.17) is 26.4 Å². The molecular weight excluding hydrogens is 416 g/mol. The lowest BCUT2D eigenvalue weighted by Crippen LogP contribution is -2.40. The van der Waals surface area contributed by atoms with Crippen LogP contribution >= 0.6 is 12.2 Å². The molecule has 0 radical (unpaired) electrons. The van der Waals surface area contributed by atoms with E-state index in [0.717, 1.165) is 17.4 Å². The highest BCUT2D eigenvalue weighted by atomic mass is 32.1. The van der Waals surface area contributed by atoms with E-state index >= 15 is 0 Å². The Hall–Kier alpha value is -3.17. The Kier molecular flexibility index (Phi) is 6.63. The van der Waals surface area contributed by atoms with Gasteiger partial charge in [0, 0.05) is 56.2 Å². The van der Waals surface area contributed by atoms with Gasteiger partial charge < -0.3 is 29.4 Å². The Labute approximate surface area is 185 Å². The van der Waals surface area contributed by atoms with Crippen molar-refractivity contribution in [1.82, 2.24) is 20.2 Å². The number of ether oxygens (including phenoxy) is 3. The molecule has 1 aliphatic rings. The van der Waals surface area contributed by atoms with Crippen LogP contribution in [0.2, 0.25) is 0 Å². The number of rotatable bonds is 8. The van der Waals surface area contributed by atoms with Gasteiger partial charge in [0.15, 0.2) is 16.6 Å². The minimum Gasteiger partial charge on any atom is -0.454 e. The summed E-state index contributed by atoms with van der Waals surface area (Å²) in [5.41, 5.74) is 2.15. The van der Waals surface area contributed by atoms with Crippen LogP contribution in [0.4, 0.5) is 0 Å². The number of pyridine rings is 2. The van der Waals surface area contributed by atoms with Crippen LogP contribution in [0.5, 0.6) is 11.5 Å². The van der Waals surface area contributed by atoms with Crippen molar-refractivity contribution in [3.63, 3.8) is 0 Å². The smallest absolute Gasteiger partial charge is 0.253 e. The lowest BCUT2D eigenvalue weighted by molar-refractivity contribution is 0.174. The number of aromatic amines is 1. The molecule has 0 atom stereocenters. The molecule has 4 rings (SSSR count). The van der Waals surface area contributed by atoms with Crippen molar-refractivity contribution in [2.24, 2.45) is 0 Å². The third-order valence-corrected chi connectivity index (χ3v) is 5.36. The second-order valence-electron chi connectivity index (χ2n) is 7.21. The van der Waals surface area contributed by atoms with Crippen molar-refractivity contribution < 1.29 is 14.2 Å². The summed E-state index contributed by atoms with van der Waals surface area (Å²) in [6.07, 6.45) is 4.36. The highest BCUT2D eigenvalue weighted by Gasteiger charge is 2.17. The Morgan fingerprint density at radius 2 is 2.13 bits per heavy atom. The van der Waals surface area contributed by atoms with E-state index in [2.05, 4.69) is 15.3 Å². The Morgan fingerprint density at radius 3 is 2.90 bits per heavy atom. The van der Waals surface area contributed by atoms with Crippen molar-refractivity contribution in [3.05, 3.63) is 64.2 Å². The summed E-state index contributed by atoms with van der Waals surface area (Å²) in [4.78, 5) is 21.9. The number of benzene rings is 1. The van der Waals surface area contributed by atoms with Crippen molar-refractivity contribution in [2.75, 3.05) is 27.1 Å². The summed E-state index contributed by atoms with van der Waals surface area (Å²) in [5, 5.41) is 4.71. The van der Waals surface area contributed by atoms with Crippen molar-refractivity contribution in [2.45, 2.75) is 19.5 Å². The third kappa shape index (κ3) is 5.12. The van der Waals surface area contributed by atoms with Gasteiger partial charge in [-0.2, -0.15) is 0 Å². The van der Waals surface area contributed by atoms with Crippen LogP contribution < -0.4 is 20.3 Å². The van der Waals surface area contributed by atoms with Gasteiger partial charge in [0.25, 0.3) is 5.56 Å². The van der Waals surface area contributed by atoms with Crippen LogP contribution in [-0.4, -0.2) is 47.0 Å². The molecule has 0 bridgehead atoms. The van der Waals surface area contributed by atoms with Crippen LogP contribution in [-0.2, 0) is 17.8 Å². The van der Waals surface area contributed by atoms with Gasteiger partial charge in [-0.1, -0.05) is 6.07 Å². The summed E-state index contributed by atoms with van der Waals surface area (Å²) in [5.74, 6) is 1.31. The first-order valence-electron chi connectivity index (χ1n) is 10.00. The lowest BCUT2D eigenvalue weighted by Gasteiger charge is -2.26. The zero-order valence-electron chi connectivity index (χ0n) is 17.2. The van der Waals surface area contributed by atoms with Gasteiger partial charge >= 0.3 is 0 Å². The molecule has 2 N–H and O–H groups in total. The van der Waals surface area contributed by atoms with E-state index in [9.17, 15) is 4.79 Å². The molecule has 0 saturated heterocycles. The number of fused-ring (bicyclic) bond motifs is 2. The van der Waals surface area contributed by atoms with Gasteiger partial charge in [-0.3, -0.25) is 9.78 Å². The number of nitrogens with zero attached hydrogens (tertiary/aromatic N) is 2. The number of aromatic nitrogens is 2. The van der Waals surface area contributed by atoms with E-state index in [1.165, 1.54) is 0 Å². The number of hydrogen-bond donors (Lipinski definition) is 2. The molecule has 1 aromatic carbocycles. The second-order valence-corrected chi connectivity index (χ2v) is 7.60. The first-order chi connectivity index (χ1) is 15.1. The highest BCUT2D eigenvalue weighted by Crippen LogP contribution is 2.35. The maximum absolute atomic E-state index is 12.8. The molecule has 0 spiro atoms. The molecule has 2 aromatic heterocycles. The van der Waals surface area contributed by atoms with Crippen molar-refractivity contribution in [3.8, 4) is 11.5 Å². The fourth-order valence-corrected chi connectivity index (χ4v) is 3.63. The van der Waals surface area contributed by atoms with E-state index in [1.807, 2.05) is 29.2 Å². The zero-order valence-corrected chi connectivity index (χ0v) is 18.0. The average Bonchev–Trinajstić information content (AvgIpc) is 3.23. The second kappa shape index (κ2) is 9.76. The first-order valence-corrected chi connectivity index (χ1v) is 10.4. The minimum absolute atomic E-state index is 0.162. The van der Waals surface area contributed by atoms with Crippen LogP contribution in [0.15, 0.2) is 47.5 Å². The first kappa shape index (κ1) is 21.1. The minimum atomic E-state index is -0.162. The van der Waals surface area contributed by atoms with E-state index in [1.54, 1.807) is 25.6 Å². The quantitative estimate of drug-likeness (QED) is 0.408. The van der Waals surface area contributed by atoms with Crippen molar-refractivity contribution in [1.29, 1.82) is 0 Å². The summed E-state index contributed by atoms with van der Waals surface area (Å²) >= 11 is 5.63. The molecule has 31 heavy (non-hydrogen) atoms. The summed E-state index contributed by atoms with van der Waals surface area (Å²) in [7, 11) is 1.67. The van der Waals surface area contributed by atoms with Gasteiger partial charge in [-0.05, 0) is 42.4 Å². The standard InChI is InChI=1S/C22H24N4O4S/c1-28-7-3-6-24-22(31)26(12-15-4-2-5-23-11-15)13-17-8-16-9-19-20(30-14-29-19)10-18(16)25-21(17)27/h2,4-5,8-11H,3,6-7,12-14H2,1H3,(H,24,31)(H,25,27). The normalized spacial score (nSPS) is 12.2. The molecule has 1 aliphatic heterocycles. The zero-order chi connectivity index (χ0) is 21.6. The Balaban J connectivity index is 1.58. The third-order valence-electron chi connectivity index (χ3n) is 4.96. The number of methoxy groups -OCH3 is 1. The SMILES string of the molecule is COCCCNC(=S)N(Cc1cccnc1)Cc1cc2cc3c(cc2[nH]c1=O)OCO3. The van der Waals surface area contributed by atoms with Gasteiger partial charge in [0.1, 0.15) is 0 Å². The van der Waals surface area contributed by atoms with E-state index in [0.29, 0.717) is 53.9 Å². The molecule has 8 nitrogen and oxygen atoms in total. The fraction of sp³-hybridized carbons (Fsp3) is 0.318. The summed E-state index contributed by atoms with van der Waals surface area (Å²) in [6.45, 7) is 2.41. The predicted molar refractivity (Wildman–Crippen MR) is 121 cm³/mol. The fourth-order valence-electron chi connectivity index (χ4n) is 3.40. The van der Waals surface area contributed by atoms with Crippen molar-refractivity contribution >= 4 is 28.2 Å². The van der Waals surface area contributed by atoms with Crippen LogP contribution in [0.3, 0.4) is 0 Å². The number of H-pyrrole nitrogens is 1. The molecule has 0 aliphatic carbocycles. The maximum Gasteiger partial charge on any atom is 0.253 e. The molecule has 3 aromatic rings. The van der Waals surface area contributed by atoms with Crippen LogP contribution in [0.25, 0.3) is 10.9 Å². The van der Waals surface area contributed by atoms with E-state index in [-0.39, 0.29) is 12.4 Å². The molecule has 9 heteroatoms. The molecule has 162 valence electrons. The average molecular weight is 441 g/mol. The van der Waals surface area contributed by atoms with Gasteiger partial charge in [0.2, 0.25) is 6.79 Å². The molecule has 3 heterocycles. The van der Waals surface area contributed by atoms with Gasteiger partial charge in [0.05, 0.1) is 12.1 Å². The molecule has 0 saturated carbocycles. The summed E-state index contributed by atoms with van der Waals surface area (Å²) in [6, 6.07) is 9.41. The molecular formula is C22H24N4O4S. The summed E-state index contributed by atoms with van der Waals surface area (Å²) < 4.78 is 16.0. The Morgan fingerprint density at radius 1 is 1.29 bits per heavy atom. The molecule has 0 fully saturated rings. The maximum atomic E-state index is 12.8. The lowest BCUT2D eigenvalue weighted by atomic mass is 10.1. The predicted octanol–water partition coefficient (Wildman–Crippen LogP) is 2.57.